The fourth-order valence-electron chi connectivity index (χ4n) is 6.08. The maximum absolute atomic E-state index is 12.3. The highest BCUT2D eigenvalue weighted by atomic mass is 16.3. The van der Waals surface area contributed by atoms with Crippen molar-refractivity contribution in [2.75, 3.05) is 6.61 Å². The summed E-state index contributed by atoms with van der Waals surface area (Å²) < 4.78 is 0. The van der Waals surface area contributed by atoms with Gasteiger partial charge < -0.3 is 15.5 Å². The molecule has 0 radical (unpaired) electrons. The van der Waals surface area contributed by atoms with Crippen molar-refractivity contribution in [2.24, 2.45) is 0 Å². The van der Waals surface area contributed by atoms with Crippen LogP contribution in [-0.2, 0) is 4.79 Å². The smallest absolute Gasteiger partial charge is 0.220 e. The van der Waals surface area contributed by atoms with Gasteiger partial charge in [0.15, 0.2) is 0 Å². The molecule has 0 aliphatic heterocycles. The van der Waals surface area contributed by atoms with Crippen molar-refractivity contribution in [1.29, 1.82) is 0 Å². The third-order valence-corrected chi connectivity index (χ3v) is 9.19. The van der Waals surface area contributed by atoms with Gasteiger partial charge in [-0.05, 0) is 32.1 Å². The van der Waals surface area contributed by atoms with Crippen LogP contribution >= 0.6 is 0 Å². The number of carbonyl (C=O) groups is 1. The molecule has 0 heterocycles. The molecule has 0 fully saturated rings. The quantitative estimate of drug-likeness (QED) is 0.0475. The molecule has 3 N–H and O–H groups in total. The van der Waals surface area contributed by atoms with Crippen molar-refractivity contribution < 1.29 is 15.0 Å². The maximum atomic E-state index is 12.3. The normalized spacial score (nSPS) is 13.2. The number of allylic oxidation sites excluding steroid dienone is 3. The molecule has 0 aliphatic rings. The van der Waals surface area contributed by atoms with Gasteiger partial charge in [-0.1, -0.05) is 199 Å². The van der Waals surface area contributed by atoms with Crippen molar-refractivity contribution in [3.05, 3.63) is 24.3 Å². The highest BCUT2D eigenvalue weighted by molar-refractivity contribution is 5.76. The molecule has 0 aromatic rings. The van der Waals surface area contributed by atoms with E-state index in [-0.39, 0.29) is 12.5 Å². The van der Waals surface area contributed by atoms with Crippen molar-refractivity contribution in [1.82, 2.24) is 5.32 Å². The van der Waals surface area contributed by atoms with E-state index in [9.17, 15) is 15.0 Å². The van der Waals surface area contributed by atoms with E-state index in [0.717, 1.165) is 32.1 Å². The first kappa shape index (κ1) is 43.9. The van der Waals surface area contributed by atoms with Gasteiger partial charge in [0.05, 0.1) is 18.8 Å². The first-order valence-electron chi connectivity index (χ1n) is 20.1. The predicted octanol–water partition coefficient (Wildman–Crippen LogP) is 12.1. The van der Waals surface area contributed by atoms with Crippen LogP contribution in [0, 0.1) is 0 Å². The Kier molecular flexibility index (Phi) is 36.4. The zero-order valence-corrected chi connectivity index (χ0v) is 30.4. The van der Waals surface area contributed by atoms with E-state index < -0.39 is 12.1 Å². The fraction of sp³-hybridized carbons (Fsp3) is 0.878. The minimum absolute atomic E-state index is 0.0727. The Morgan fingerprint density at radius 3 is 1.29 bits per heavy atom. The van der Waals surface area contributed by atoms with E-state index in [2.05, 4.69) is 31.3 Å². The van der Waals surface area contributed by atoms with E-state index >= 15 is 0 Å². The lowest BCUT2D eigenvalue weighted by atomic mass is 10.0. The molecule has 4 heteroatoms. The van der Waals surface area contributed by atoms with Crippen molar-refractivity contribution in [3.8, 4) is 0 Å². The van der Waals surface area contributed by atoms with Crippen LogP contribution in [-0.4, -0.2) is 34.9 Å². The van der Waals surface area contributed by atoms with Crippen LogP contribution < -0.4 is 5.32 Å². The number of carbonyl (C=O) groups excluding carboxylic acids is 1. The summed E-state index contributed by atoms with van der Waals surface area (Å²) in [7, 11) is 0. The standard InChI is InChI=1S/C41H79NO3/c1-3-5-7-9-11-13-15-16-17-18-19-20-21-22-23-24-25-27-29-31-33-35-37-41(45)42-39(38-43)40(44)36-34-32-30-28-26-14-12-10-8-6-4-2/h26,28,34,36,39-40,43-44H,3-25,27,29-33,35,37-38H2,1-2H3,(H,42,45)/b28-26+,36-34+/t39-,40+/m0/s1. The van der Waals surface area contributed by atoms with Gasteiger partial charge in [-0.15, -0.1) is 0 Å². The molecular weight excluding hydrogens is 554 g/mol. The molecule has 1 amide bonds. The number of amides is 1. The largest absolute Gasteiger partial charge is 0.394 e. The minimum Gasteiger partial charge on any atom is -0.394 e. The summed E-state index contributed by atoms with van der Waals surface area (Å²) in [4.78, 5) is 12.3. The molecule has 0 unspecified atom stereocenters. The molecule has 0 aromatic carbocycles. The lowest BCUT2D eigenvalue weighted by Crippen LogP contribution is -2.45. The average Bonchev–Trinajstić information content (AvgIpc) is 3.04. The fourth-order valence-corrected chi connectivity index (χ4v) is 6.08. The number of aliphatic hydroxyl groups is 2. The van der Waals surface area contributed by atoms with Crippen LogP contribution in [0.2, 0.25) is 0 Å². The predicted molar refractivity (Wildman–Crippen MR) is 198 cm³/mol. The molecular formula is C41H79NO3. The second kappa shape index (κ2) is 37.3. The zero-order chi connectivity index (χ0) is 32.9. The molecule has 0 aliphatic carbocycles. The van der Waals surface area contributed by atoms with Gasteiger partial charge in [-0.2, -0.15) is 0 Å². The van der Waals surface area contributed by atoms with Crippen LogP contribution in [0.3, 0.4) is 0 Å². The third-order valence-electron chi connectivity index (χ3n) is 9.19. The monoisotopic (exact) mass is 634 g/mol. The summed E-state index contributed by atoms with van der Waals surface area (Å²) in [6.45, 7) is 4.28. The molecule has 0 bridgehead atoms. The Balaban J connectivity index is 3.52. The van der Waals surface area contributed by atoms with E-state index in [4.69, 9.17) is 0 Å². The minimum atomic E-state index is -0.856. The summed E-state index contributed by atoms with van der Waals surface area (Å²) in [5, 5.41) is 22.8. The van der Waals surface area contributed by atoms with E-state index in [0.29, 0.717) is 6.42 Å². The Hall–Kier alpha value is -1.13. The van der Waals surface area contributed by atoms with Gasteiger partial charge in [-0.3, -0.25) is 4.79 Å². The zero-order valence-electron chi connectivity index (χ0n) is 30.4. The molecule has 0 spiro atoms. The summed E-state index contributed by atoms with van der Waals surface area (Å²) in [6, 6.07) is -0.632. The number of nitrogens with one attached hydrogen (secondary N) is 1. The number of hydrogen-bond acceptors (Lipinski definition) is 3. The number of hydrogen-bond donors (Lipinski definition) is 3. The summed E-state index contributed by atoms with van der Waals surface area (Å²) >= 11 is 0. The Morgan fingerprint density at radius 1 is 0.511 bits per heavy atom. The lowest BCUT2D eigenvalue weighted by molar-refractivity contribution is -0.123. The van der Waals surface area contributed by atoms with Crippen LogP contribution in [0.15, 0.2) is 24.3 Å². The van der Waals surface area contributed by atoms with Gasteiger partial charge in [0.1, 0.15) is 0 Å². The molecule has 266 valence electrons. The number of unbranched alkanes of at least 4 members (excludes halogenated alkanes) is 27. The van der Waals surface area contributed by atoms with Gasteiger partial charge in [0.2, 0.25) is 5.91 Å². The molecule has 0 rings (SSSR count). The highest BCUT2D eigenvalue weighted by Gasteiger charge is 2.17. The average molecular weight is 634 g/mol. The van der Waals surface area contributed by atoms with Crippen LogP contribution in [0.4, 0.5) is 0 Å². The molecule has 0 aromatic heterocycles. The number of rotatable bonds is 36. The summed E-state index contributed by atoms with van der Waals surface area (Å²) in [5.74, 6) is -0.0727. The van der Waals surface area contributed by atoms with Gasteiger partial charge in [0.25, 0.3) is 0 Å². The Labute approximate surface area is 281 Å². The van der Waals surface area contributed by atoms with Gasteiger partial charge in [-0.25, -0.2) is 0 Å². The van der Waals surface area contributed by atoms with Crippen molar-refractivity contribution in [2.45, 2.75) is 225 Å². The first-order chi connectivity index (χ1) is 22.2. The first-order valence-corrected chi connectivity index (χ1v) is 20.1. The Morgan fingerprint density at radius 2 is 0.867 bits per heavy atom. The lowest BCUT2D eigenvalue weighted by Gasteiger charge is -2.19. The van der Waals surface area contributed by atoms with Crippen molar-refractivity contribution >= 4 is 5.91 Å². The Bertz CT molecular complexity index is 647. The molecule has 0 saturated carbocycles. The maximum Gasteiger partial charge on any atom is 0.220 e. The van der Waals surface area contributed by atoms with Crippen LogP contribution in [0.25, 0.3) is 0 Å². The molecule has 45 heavy (non-hydrogen) atoms. The molecule has 2 atom stereocenters. The molecule has 4 nitrogen and oxygen atoms in total. The van der Waals surface area contributed by atoms with E-state index in [1.807, 2.05) is 6.08 Å². The van der Waals surface area contributed by atoms with E-state index in [1.54, 1.807) is 6.08 Å². The van der Waals surface area contributed by atoms with Gasteiger partial charge in [0, 0.05) is 6.42 Å². The third kappa shape index (κ3) is 34.0. The SMILES string of the molecule is CCCCCCC/C=C/CC/C=C/[C@@H](O)[C@H](CO)NC(=O)CCCCCCCCCCCCCCCCCCCCCCCC. The second-order valence-corrected chi connectivity index (χ2v) is 13.7. The van der Waals surface area contributed by atoms with Gasteiger partial charge >= 0.3 is 0 Å². The van der Waals surface area contributed by atoms with Crippen molar-refractivity contribution in [3.63, 3.8) is 0 Å². The summed E-state index contributed by atoms with van der Waals surface area (Å²) in [5.41, 5.74) is 0. The van der Waals surface area contributed by atoms with E-state index in [1.165, 1.54) is 161 Å². The second-order valence-electron chi connectivity index (χ2n) is 13.7. The van der Waals surface area contributed by atoms with Crippen LogP contribution in [0.1, 0.15) is 213 Å². The highest BCUT2D eigenvalue weighted by Crippen LogP contribution is 2.15. The molecule has 0 saturated heterocycles. The summed E-state index contributed by atoms with van der Waals surface area (Å²) in [6.07, 6.45) is 47.1. The van der Waals surface area contributed by atoms with Crippen LogP contribution in [0.5, 0.6) is 0 Å². The topological polar surface area (TPSA) is 69.6 Å². The number of aliphatic hydroxyl groups excluding tert-OH is 2.